The first-order valence-electron chi connectivity index (χ1n) is 9.64. The molecule has 1 aliphatic carbocycles. The molecular formula is C19H17ClN8O2. The lowest BCUT2D eigenvalue weighted by Crippen LogP contribution is -2.24. The van der Waals surface area contributed by atoms with E-state index >= 15 is 0 Å². The number of anilines is 1. The second-order valence-corrected chi connectivity index (χ2v) is 8.24. The maximum absolute atomic E-state index is 12.7. The molecule has 3 atom stereocenters. The molecule has 6 rings (SSSR count). The van der Waals surface area contributed by atoms with Crippen molar-refractivity contribution in [1.82, 2.24) is 34.2 Å². The molecule has 5 heterocycles. The molecule has 2 fully saturated rings. The molecule has 30 heavy (non-hydrogen) atoms. The lowest BCUT2D eigenvalue weighted by molar-refractivity contribution is 0.363. The van der Waals surface area contributed by atoms with Crippen LogP contribution in [0.3, 0.4) is 0 Å². The molecule has 0 amide bonds. The van der Waals surface area contributed by atoms with Gasteiger partial charge in [-0.1, -0.05) is 16.8 Å². The largest absolute Gasteiger partial charge is 0.370 e. The summed E-state index contributed by atoms with van der Waals surface area (Å²) >= 11 is 5.87. The Balaban J connectivity index is 1.16. The van der Waals surface area contributed by atoms with E-state index in [4.69, 9.17) is 16.1 Å². The highest BCUT2D eigenvalue weighted by molar-refractivity contribution is 6.29. The third kappa shape index (κ3) is 2.71. The molecule has 2 aliphatic rings. The molecule has 2 unspecified atom stereocenters. The molecule has 0 bridgehead atoms. The Labute approximate surface area is 175 Å². The number of hydrogen-bond acceptors (Lipinski definition) is 8. The number of pyridine rings is 1. The van der Waals surface area contributed by atoms with Gasteiger partial charge in [0.15, 0.2) is 17.0 Å². The normalized spacial score (nSPS) is 22.6. The van der Waals surface area contributed by atoms with Crippen molar-refractivity contribution in [3.8, 4) is 0 Å². The monoisotopic (exact) mass is 424 g/mol. The number of fused-ring (bicyclic) bond motifs is 2. The topological polar surface area (TPSA) is 108 Å². The first-order chi connectivity index (χ1) is 14.6. The van der Waals surface area contributed by atoms with E-state index in [0.29, 0.717) is 40.0 Å². The zero-order valence-electron chi connectivity index (χ0n) is 16.0. The van der Waals surface area contributed by atoms with Crippen molar-refractivity contribution in [1.29, 1.82) is 0 Å². The van der Waals surface area contributed by atoms with Gasteiger partial charge in [-0.3, -0.25) is 9.36 Å². The highest BCUT2D eigenvalue weighted by atomic mass is 35.5. The van der Waals surface area contributed by atoms with E-state index in [9.17, 15) is 4.79 Å². The third-order valence-corrected chi connectivity index (χ3v) is 6.28. The van der Waals surface area contributed by atoms with Crippen LogP contribution in [0, 0.1) is 11.8 Å². The molecule has 11 heteroatoms. The smallest absolute Gasteiger partial charge is 0.280 e. The summed E-state index contributed by atoms with van der Waals surface area (Å²) in [4.78, 5) is 32.0. The Morgan fingerprint density at radius 1 is 1.17 bits per heavy atom. The molecular weight excluding hydrogens is 408 g/mol. The van der Waals surface area contributed by atoms with E-state index in [0.717, 1.165) is 24.6 Å². The van der Waals surface area contributed by atoms with Crippen LogP contribution in [0.1, 0.15) is 17.6 Å². The number of rotatable bonds is 4. The molecule has 0 spiro atoms. The quantitative estimate of drug-likeness (QED) is 0.453. The lowest BCUT2D eigenvalue weighted by atomic mass is 10.2. The Morgan fingerprint density at radius 3 is 2.73 bits per heavy atom. The summed E-state index contributed by atoms with van der Waals surface area (Å²) in [7, 11) is 1.77. The predicted octanol–water partition coefficient (Wildman–Crippen LogP) is 1.46. The standard InChI is InChI=1S/C19H17ClN8O2/c1-26-8-22-18-16(26)19(29)28(9-23-18)7-14-24-17(25-30-14)15-11-5-27(6-12(11)15)10-2-3-13(20)21-4-10/h2-4,8-9,11-12,15H,5-7H2,1H3/t11-,12?,15?/m0/s1. The molecule has 0 aromatic carbocycles. The van der Waals surface area contributed by atoms with E-state index in [2.05, 4.69) is 30.0 Å². The minimum absolute atomic E-state index is 0.185. The highest BCUT2D eigenvalue weighted by Gasteiger charge is 2.58. The van der Waals surface area contributed by atoms with Crippen molar-refractivity contribution >= 4 is 28.5 Å². The van der Waals surface area contributed by atoms with Crippen molar-refractivity contribution in [2.75, 3.05) is 18.0 Å². The van der Waals surface area contributed by atoms with Crippen LogP contribution < -0.4 is 10.5 Å². The van der Waals surface area contributed by atoms with Gasteiger partial charge in [0.05, 0.1) is 18.2 Å². The van der Waals surface area contributed by atoms with E-state index in [1.165, 1.54) is 10.9 Å². The summed E-state index contributed by atoms with van der Waals surface area (Å²) in [5.41, 5.74) is 1.77. The van der Waals surface area contributed by atoms with Crippen LogP contribution in [-0.4, -0.2) is 47.3 Å². The number of imidazole rings is 1. The van der Waals surface area contributed by atoms with Crippen LogP contribution in [0.15, 0.2) is 40.3 Å². The van der Waals surface area contributed by atoms with E-state index in [1.807, 2.05) is 12.1 Å². The summed E-state index contributed by atoms with van der Waals surface area (Å²) in [5, 5.41) is 4.68. The molecule has 152 valence electrons. The number of piperidine rings is 1. The van der Waals surface area contributed by atoms with Crippen molar-refractivity contribution in [2.45, 2.75) is 12.5 Å². The van der Waals surface area contributed by atoms with Gasteiger partial charge >= 0.3 is 0 Å². The Kier molecular flexibility index (Phi) is 3.73. The van der Waals surface area contributed by atoms with Crippen LogP contribution in [0.2, 0.25) is 5.15 Å². The minimum Gasteiger partial charge on any atom is -0.370 e. The van der Waals surface area contributed by atoms with Gasteiger partial charge in [-0.25, -0.2) is 15.0 Å². The fourth-order valence-electron chi connectivity index (χ4n) is 4.47. The molecule has 1 saturated carbocycles. The van der Waals surface area contributed by atoms with Crippen LogP contribution >= 0.6 is 11.6 Å². The minimum atomic E-state index is -0.185. The fourth-order valence-corrected chi connectivity index (χ4v) is 4.58. The predicted molar refractivity (Wildman–Crippen MR) is 107 cm³/mol. The van der Waals surface area contributed by atoms with Gasteiger partial charge in [-0.05, 0) is 24.0 Å². The first kappa shape index (κ1) is 17.6. The maximum Gasteiger partial charge on any atom is 0.280 e. The molecule has 1 saturated heterocycles. The zero-order valence-corrected chi connectivity index (χ0v) is 16.8. The average molecular weight is 425 g/mol. The second-order valence-electron chi connectivity index (χ2n) is 7.85. The van der Waals surface area contributed by atoms with Gasteiger partial charge in [0.25, 0.3) is 5.56 Å². The lowest BCUT2D eigenvalue weighted by Gasteiger charge is -2.20. The van der Waals surface area contributed by atoms with Crippen molar-refractivity contribution < 1.29 is 4.52 Å². The van der Waals surface area contributed by atoms with Crippen LogP contribution in [0.5, 0.6) is 0 Å². The Hall–Kier alpha value is -3.27. The summed E-state index contributed by atoms with van der Waals surface area (Å²) in [6.45, 7) is 2.05. The molecule has 0 N–H and O–H groups in total. The van der Waals surface area contributed by atoms with Gasteiger partial charge in [0.2, 0.25) is 5.89 Å². The number of aromatic nitrogens is 7. The fraction of sp³-hybridized carbons (Fsp3) is 0.368. The number of nitrogens with zero attached hydrogens (tertiary/aromatic N) is 8. The average Bonchev–Trinajstić information content (AvgIpc) is 3.16. The second kappa shape index (κ2) is 6.36. The summed E-state index contributed by atoms with van der Waals surface area (Å²) < 4.78 is 8.55. The van der Waals surface area contributed by atoms with Gasteiger partial charge in [0, 0.05) is 26.1 Å². The Morgan fingerprint density at radius 2 is 1.97 bits per heavy atom. The van der Waals surface area contributed by atoms with Crippen LogP contribution in [0.25, 0.3) is 11.2 Å². The summed E-state index contributed by atoms with van der Waals surface area (Å²) in [6.07, 6.45) is 4.84. The van der Waals surface area contributed by atoms with Gasteiger partial charge in [-0.2, -0.15) is 4.98 Å². The summed E-state index contributed by atoms with van der Waals surface area (Å²) in [5.74, 6) is 2.42. The zero-order chi connectivity index (χ0) is 20.4. The highest BCUT2D eigenvalue weighted by Crippen LogP contribution is 2.57. The van der Waals surface area contributed by atoms with Crippen molar-refractivity contribution in [2.24, 2.45) is 18.9 Å². The number of aryl methyl sites for hydroxylation is 1. The first-order valence-corrected chi connectivity index (χ1v) is 10.0. The van der Waals surface area contributed by atoms with E-state index < -0.39 is 0 Å². The number of hydrogen-bond donors (Lipinski definition) is 0. The Bertz CT molecular complexity index is 1300. The van der Waals surface area contributed by atoms with Gasteiger partial charge in [-0.15, -0.1) is 0 Å². The molecule has 0 radical (unpaired) electrons. The van der Waals surface area contributed by atoms with Crippen molar-refractivity contribution in [3.63, 3.8) is 0 Å². The van der Waals surface area contributed by atoms with Gasteiger partial charge < -0.3 is 14.0 Å². The molecule has 4 aromatic heterocycles. The molecule has 1 aliphatic heterocycles. The SMILES string of the molecule is Cn1cnc2ncn(Cc3nc(C4C5CN(c6ccc(Cl)nc6)C[C@@H]54)no3)c(=O)c21. The van der Waals surface area contributed by atoms with Gasteiger partial charge in [0.1, 0.15) is 18.0 Å². The van der Waals surface area contributed by atoms with Crippen LogP contribution in [-0.2, 0) is 13.6 Å². The number of halogens is 1. The molecule has 10 nitrogen and oxygen atoms in total. The molecule has 4 aromatic rings. The van der Waals surface area contributed by atoms with E-state index in [1.54, 1.807) is 24.1 Å². The third-order valence-electron chi connectivity index (χ3n) is 6.06. The van der Waals surface area contributed by atoms with Crippen molar-refractivity contribution in [3.05, 3.63) is 58.2 Å². The van der Waals surface area contributed by atoms with Crippen LogP contribution in [0.4, 0.5) is 5.69 Å². The maximum atomic E-state index is 12.7. The van der Waals surface area contributed by atoms with E-state index in [-0.39, 0.29) is 12.1 Å². The summed E-state index contributed by atoms with van der Waals surface area (Å²) in [6, 6.07) is 3.80.